The Kier molecular flexibility index (Phi) is 15.0. The van der Waals surface area contributed by atoms with Gasteiger partial charge in [-0.2, -0.15) is 0 Å². The minimum absolute atomic E-state index is 0.00694. The van der Waals surface area contributed by atoms with Gasteiger partial charge in [0.25, 0.3) is 0 Å². The molecule has 0 unspecified atom stereocenters. The fraction of sp³-hybridized carbons (Fsp3) is 0. The van der Waals surface area contributed by atoms with Crippen LogP contribution in [0.1, 0.15) is 20.7 Å². The molecule has 0 fully saturated rings. The van der Waals surface area contributed by atoms with Crippen molar-refractivity contribution in [1.29, 1.82) is 0 Å². The first-order chi connectivity index (χ1) is 22.3. The molecule has 0 aromatic heterocycles. The van der Waals surface area contributed by atoms with E-state index in [-0.39, 0.29) is 47.6 Å². The van der Waals surface area contributed by atoms with Gasteiger partial charge in [-0.1, -0.05) is 64.6 Å². The zero-order chi connectivity index (χ0) is 36.0. The van der Waals surface area contributed by atoms with Crippen molar-refractivity contribution in [1.82, 2.24) is 0 Å². The number of halogens is 11. The molecule has 5 rings (SSSR count). The van der Waals surface area contributed by atoms with E-state index in [4.69, 9.17) is 56.2 Å². The molecule has 0 heterocycles. The van der Waals surface area contributed by atoms with Gasteiger partial charge in [0, 0.05) is 11.1 Å². The zero-order valence-corrected chi connectivity index (χ0v) is 30.0. The van der Waals surface area contributed by atoms with Gasteiger partial charge in [0.15, 0.2) is 24.1 Å². The summed E-state index contributed by atoms with van der Waals surface area (Å²) in [5, 5.41) is 9.81. The van der Waals surface area contributed by atoms with Gasteiger partial charge in [-0.15, -0.1) is 0 Å². The second-order valence-electron chi connectivity index (χ2n) is 8.87. The number of benzene rings is 5. The molecule has 0 atom stereocenters. The van der Waals surface area contributed by atoms with Gasteiger partial charge < -0.3 is 9.84 Å². The molecule has 4 nitrogen and oxygen atoms in total. The number of hydrogen-bond donors (Lipinski definition) is 1. The SMILES string of the molecule is F[P-](F)(F)(F)(F)F.O=Cc1ccc(Cl)c(O)c1Cl.O=Cc1ccc(Cl)c(Oc2ccccc2)c1Cl.c1ccc([I-]c2ccccc2)cc1. The summed E-state index contributed by atoms with van der Waals surface area (Å²) in [5.74, 6) is 0.654. The van der Waals surface area contributed by atoms with E-state index in [0.717, 1.165) is 0 Å². The van der Waals surface area contributed by atoms with Gasteiger partial charge in [0.05, 0.1) is 20.1 Å². The fourth-order valence-corrected chi connectivity index (χ4v) is 6.24. The van der Waals surface area contributed by atoms with Crippen LogP contribution in [0.2, 0.25) is 20.1 Å². The molecule has 5 aromatic rings. The summed E-state index contributed by atoms with van der Waals surface area (Å²) in [5.41, 5.74) is 0.579. The Labute approximate surface area is 301 Å². The maximum absolute atomic E-state index is 10.8. The standard InChI is InChI=1S/C13H8Cl2O2.C12H10I.C7H4Cl2O2.F6P/c14-11-7-6-9(8-16)12(15)13(11)17-10-4-2-1-3-5-10;1-3-7-11(8-4-1)13-12-9-5-2-6-10-12;8-5-2-1-4(3-10)6(9)7(5)11;1-7(2,3,4,5)6/h1-8H;1-10H;1-3,11H;/q;-1;;-1. The van der Waals surface area contributed by atoms with E-state index in [2.05, 4.69) is 60.7 Å². The van der Waals surface area contributed by atoms with Crippen LogP contribution in [0.5, 0.6) is 17.2 Å². The van der Waals surface area contributed by atoms with E-state index in [1.165, 1.54) is 19.3 Å². The van der Waals surface area contributed by atoms with Crippen molar-refractivity contribution in [2.45, 2.75) is 0 Å². The molecular formula is C32H22Cl4F6IO4P-2. The molecule has 0 amide bonds. The first-order valence-electron chi connectivity index (χ1n) is 12.9. The maximum atomic E-state index is 10.8. The van der Waals surface area contributed by atoms with Gasteiger partial charge in [-0.25, -0.2) is 0 Å². The summed E-state index contributed by atoms with van der Waals surface area (Å²) in [7, 11) is -10.7. The summed E-state index contributed by atoms with van der Waals surface area (Å²) >= 11 is 23.1. The second kappa shape index (κ2) is 17.6. The summed E-state index contributed by atoms with van der Waals surface area (Å²) in [4.78, 5) is 21.0. The normalized spacial score (nSPS) is 11.9. The summed E-state index contributed by atoms with van der Waals surface area (Å²) in [6, 6.07) is 36.5. The number of aromatic hydroxyl groups is 1. The predicted octanol–water partition coefficient (Wildman–Crippen LogP) is 10.3. The third-order valence-electron chi connectivity index (χ3n) is 5.08. The molecule has 0 aliphatic rings. The number of carbonyl (C=O) groups excluding carboxylic acids is 2. The number of carbonyl (C=O) groups is 2. The predicted molar refractivity (Wildman–Crippen MR) is 176 cm³/mol. The number of phenols is 1. The van der Waals surface area contributed by atoms with Crippen LogP contribution in [0, 0.1) is 7.14 Å². The van der Waals surface area contributed by atoms with E-state index >= 15 is 0 Å². The number of aldehydes is 2. The topological polar surface area (TPSA) is 63.6 Å². The molecule has 0 saturated heterocycles. The van der Waals surface area contributed by atoms with Crippen LogP contribution in [0.3, 0.4) is 0 Å². The first-order valence-corrected chi connectivity index (χ1v) is 18.6. The van der Waals surface area contributed by atoms with Gasteiger partial charge in [0.2, 0.25) is 0 Å². The van der Waals surface area contributed by atoms with Gasteiger partial charge in [-0.3, -0.25) is 9.59 Å². The van der Waals surface area contributed by atoms with Crippen molar-refractivity contribution < 1.29 is 65.8 Å². The molecule has 5 aromatic carbocycles. The summed E-state index contributed by atoms with van der Waals surface area (Å²) in [6.45, 7) is 0. The van der Waals surface area contributed by atoms with E-state index in [9.17, 15) is 34.8 Å². The van der Waals surface area contributed by atoms with Crippen LogP contribution in [-0.4, -0.2) is 17.7 Å². The number of phenolic OH excluding ortho intramolecular Hbond substituents is 1. The summed E-state index contributed by atoms with van der Waals surface area (Å²) < 4.78 is 67.7. The van der Waals surface area contributed by atoms with Crippen molar-refractivity contribution in [3.05, 3.63) is 154 Å². The Hall–Kier alpha value is -3.06. The third-order valence-corrected chi connectivity index (χ3v) is 9.15. The average Bonchev–Trinajstić information content (AvgIpc) is 3.03. The number of hydrogen-bond acceptors (Lipinski definition) is 4. The molecule has 258 valence electrons. The van der Waals surface area contributed by atoms with Crippen LogP contribution in [0.15, 0.2) is 115 Å². The Morgan fingerprint density at radius 1 is 0.562 bits per heavy atom. The Morgan fingerprint density at radius 2 is 0.938 bits per heavy atom. The third kappa shape index (κ3) is 16.9. The van der Waals surface area contributed by atoms with Crippen molar-refractivity contribution in [2.24, 2.45) is 0 Å². The molecule has 16 heteroatoms. The van der Waals surface area contributed by atoms with Crippen LogP contribution < -0.4 is 25.9 Å². The van der Waals surface area contributed by atoms with Crippen molar-refractivity contribution >= 4 is 66.8 Å². The summed E-state index contributed by atoms with van der Waals surface area (Å²) in [6.07, 6.45) is 1.22. The van der Waals surface area contributed by atoms with Crippen LogP contribution >= 0.6 is 54.2 Å². The molecule has 0 aliphatic heterocycles. The second-order valence-corrected chi connectivity index (χ2v) is 15.4. The van der Waals surface area contributed by atoms with Crippen molar-refractivity contribution in [3.63, 3.8) is 0 Å². The molecule has 0 spiro atoms. The molecule has 0 bridgehead atoms. The Balaban J connectivity index is 0.000000233. The molecule has 0 aliphatic carbocycles. The van der Waals surface area contributed by atoms with E-state index in [1.807, 2.05) is 18.2 Å². The van der Waals surface area contributed by atoms with Crippen molar-refractivity contribution in [3.8, 4) is 17.2 Å². The Bertz CT molecular complexity index is 1760. The van der Waals surface area contributed by atoms with Gasteiger partial charge >= 0.3 is 122 Å². The van der Waals surface area contributed by atoms with Crippen LogP contribution in [-0.2, 0) is 0 Å². The molecular weight excluding hydrogens is 862 g/mol. The average molecular weight is 884 g/mol. The van der Waals surface area contributed by atoms with E-state index in [0.29, 0.717) is 34.7 Å². The fourth-order valence-electron chi connectivity index (χ4n) is 3.07. The molecule has 0 radical (unpaired) electrons. The molecule has 0 saturated carbocycles. The number of ether oxygens (including phenoxy) is 1. The quantitative estimate of drug-likeness (QED) is 0.0799. The first kappa shape index (κ1) is 41.1. The van der Waals surface area contributed by atoms with Crippen molar-refractivity contribution in [2.75, 3.05) is 0 Å². The van der Waals surface area contributed by atoms with Gasteiger partial charge in [0.1, 0.15) is 5.75 Å². The van der Waals surface area contributed by atoms with Crippen LogP contribution in [0.25, 0.3) is 0 Å². The minimum atomic E-state index is -10.7. The van der Waals surface area contributed by atoms with E-state index < -0.39 is 7.81 Å². The zero-order valence-electron chi connectivity index (χ0n) is 23.9. The molecule has 48 heavy (non-hydrogen) atoms. The van der Waals surface area contributed by atoms with Crippen LogP contribution in [0.4, 0.5) is 25.2 Å². The Morgan fingerprint density at radius 3 is 1.35 bits per heavy atom. The number of rotatable bonds is 6. The molecule has 1 N–H and O–H groups in total. The van der Waals surface area contributed by atoms with E-state index in [1.54, 1.807) is 24.3 Å². The number of para-hydroxylation sites is 1. The van der Waals surface area contributed by atoms with Gasteiger partial charge in [-0.05, 0) is 36.4 Å². The monoisotopic (exact) mass is 882 g/mol.